The van der Waals surface area contributed by atoms with Gasteiger partial charge in [0.05, 0.1) is 16.3 Å². The first-order valence-corrected chi connectivity index (χ1v) is 7.15. The van der Waals surface area contributed by atoms with E-state index in [9.17, 15) is 4.79 Å². The van der Waals surface area contributed by atoms with Crippen molar-refractivity contribution in [2.75, 3.05) is 11.4 Å². The third kappa shape index (κ3) is 2.30. The van der Waals surface area contributed by atoms with Crippen LogP contribution in [0.5, 0.6) is 0 Å². The number of hydrogen-bond donors (Lipinski definition) is 0. The molecule has 2 aromatic rings. The molecule has 0 N–H and O–H groups in total. The molecule has 1 aromatic carbocycles. The van der Waals surface area contributed by atoms with Crippen molar-refractivity contribution in [3.63, 3.8) is 0 Å². The van der Waals surface area contributed by atoms with Gasteiger partial charge in [-0.3, -0.25) is 4.79 Å². The number of hydrogen-bond acceptors (Lipinski definition) is 2. The van der Waals surface area contributed by atoms with Gasteiger partial charge >= 0.3 is 0 Å². The highest BCUT2D eigenvalue weighted by Crippen LogP contribution is 2.35. The van der Waals surface area contributed by atoms with E-state index in [-0.39, 0.29) is 5.91 Å². The summed E-state index contributed by atoms with van der Waals surface area (Å²) in [6, 6.07) is 9.40. The van der Waals surface area contributed by atoms with E-state index in [1.807, 2.05) is 12.1 Å². The number of para-hydroxylation sites is 1. The molecule has 2 heterocycles. The zero-order valence-electron chi connectivity index (χ0n) is 11.6. The molecule has 0 saturated carbocycles. The lowest BCUT2D eigenvalue weighted by Gasteiger charge is -2.30. The fraction of sp³-hybridized carbons (Fsp3) is 0.250. The number of carbonyl (C=O) groups is 1. The number of rotatable bonds is 1. The van der Waals surface area contributed by atoms with Crippen molar-refractivity contribution in [3.8, 4) is 6.07 Å². The number of halogens is 1. The molecule has 0 fully saturated rings. The molecule has 0 unspecified atom stereocenters. The minimum atomic E-state index is -0.118. The van der Waals surface area contributed by atoms with Crippen molar-refractivity contribution in [2.24, 2.45) is 7.05 Å². The molecule has 1 amide bonds. The van der Waals surface area contributed by atoms with Crippen LogP contribution in [0.1, 0.15) is 28.0 Å². The second-order valence-electron chi connectivity index (χ2n) is 5.14. The summed E-state index contributed by atoms with van der Waals surface area (Å²) in [6.07, 6.45) is 3.50. The van der Waals surface area contributed by atoms with Gasteiger partial charge in [0.15, 0.2) is 0 Å². The van der Waals surface area contributed by atoms with Gasteiger partial charge in [-0.25, -0.2) is 0 Å². The Kier molecular flexibility index (Phi) is 3.44. The molecule has 106 valence electrons. The van der Waals surface area contributed by atoms with E-state index in [0.717, 1.165) is 24.1 Å². The largest absolute Gasteiger partial charge is 0.345 e. The Bertz CT molecular complexity index is 757. The van der Waals surface area contributed by atoms with Crippen molar-refractivity contribution < 1.29 is 4.79 Å². The van der Waals surface area contributed by atoms with Gasteiger partial charge in [-0.1, -0.05) is 23.7 Å². The van der Waals surface area contributed by atoms with Crippen LogP contribution in [-0.2, 0) is 13.5 Å². The summed E-state index contributed by atoms with van der Waals surface area (Å²) in [5.41, 5.74) is 2.88. The van der Waals surface area contributed by atoms with Gasteiger partial charge < -0.3 is 9.47 Å². The van der Waals surface area contributed by atoms with Crippen molar-refractivity contribution in [1.29, 1.82) is 5.26 Å². The summed E-state index contributed by atoms with van der Waals surface area (Å²) in [6.45, 7) is 0.642. The van der Waals surface area contributed by atoms with Crippen LogP contribution in [0, 0.1) is 11.3 Å². The molecule has 21 heavy (non-hydrogen) atoms. The van der Waals surface area contributed by atoms with Crippen molar-refractivity contribution in [3.05, 3.63) is 52.3 Å². The first-order valence-electron chi connectivity index (χ1n) is 6.77. The molecule has 1 aliphatic rings. The number of aryl methyl sites for hydroxylation is 2. The molecule has 0 saturated heterocycles. The summed E-state index contributed by atoms with van der Waals surface area (Å²) in [5.74, 6) is -0.118. The van der Waals surface area contributed by atoms with E-state index in [2.05, 4.69) is 6.07 Å². The van der Waals surface area contributed by atoms with E-state index in [1.54, 1.807) is 34.8 Å². The maximum atomic E-state index is 12.8. The first-order chi connectivity index (χ1) is 10.1. The topological polar surface area (TPSA) is 49.0 Å². The van der Waals surface area contributed by atoms with E-state index in [1.165, 1.54) is 0 Å². The van der Waals surface area contributed by atoms with E-state index < -0.39 is 0 Å². The van der Waals surface area contributed by atoms with Gasteiger partial charge in [-0.15, -0.1) is 0 Å². The average molecular weight is 300 g/mol. The van der Waals surface area contributed by atoms with E-state index in [4.69, 9.17) is 16.9 Å². The van der Waals surface area contributed by atoms with Crippen molar-refractivity contribution in [2.45, 2.75) is 12.8 Å². The highest BCUT2D eigenvalue weighted by molar-refractivity contribution is 6.34. The SMILES string of the molecule is Cn1cc(C#N)cc1C(=O)N1CCCc2cccc(Cl)c21. The van der Waals surface area contributed by atoms with Gasteiger partial charge in [0.1, 0.15) is 11.8 Å². The van der Waals surface area contributed by atoms with Gasteiger partial charge in [-0.2, -0.15) is 5.26 Å². The number of benzene rings is 1. The van der Waals surface area contributed by atoms with Crippen LogP contribution < -0.4 is 4.90 Å². The molecular weight excluding hydrogens is 286 g/mol. The van der Waals surface area contributed by atoms with Crippen molar-refractivity contribution in [1.82, 2.24) is 4.57 Å². The number of anilines is 1. The Morgan fingerprint density at radius 3 is 2.95 bits per heavy atom. The van der Waals surface area contributed by atoms with Gasteiger partial charge in [-0.05, 0) is 30.5 Å². The van der Waals surface area contributed by atoms with Gasteiger partial charge in [0.25, 0.3) is 5.91 Å². The number of nitrogens with zero attached hydrogens (tertiary/aromatic N) is 3. The number of carbonyl (C=O) groups excluding carboxylic acids is 1. The molecule has 5 heteroatoms. The predicted molar refractivity (Wildman–Crippen MR) is 81.6 cm³/mol. The van der Waals surface area contributed by atoms with Crippen LogP contribution in [0.2, 0.25) is 5.02 Å². The lowest BCUT2D eigenvalue weighted by atomic mass is 10.0. The number of aromatic nitrogens is 1. The highest BCUT2D eigenvalue weighted by atomic mass is 35.5. The quantitative estimate of drug-likeness (QED) is 0.812. The fourth-order valence-corrected chi connectivity index (χ4v) is 3.08. The number of amides is 1. The van der Waals surface area contributed by atoms with Gasteiger partial charge in [0, 0.05) is 19.8 Å². The summed E-state index contributed by atoms with van der Waals surface area (Å²) >= 11 is 6.29. The smallest absolute Gasteiger partial charge is 0.274 e. The van der Waals surface area contributed by atoms with E-state index in [0.29, 0.717) is 22.8 Å². The Labute approximate surface area is 128 Å². The maximum Gasteiger partial charge on any atom is 0.274 e. The van der Waals surface area contributed by atoms with Crippen LogP contribution in [0.25, 0.3) is 0 Å². The van der Waals surface area contributed by atoms with Gasteiger partial charge in [0.2, 0.25) is 0 Å². The molecule has 1 aromatic heterocycles. The highest BCUT2D eigenvalue weighted by Gasteiger charge is 2.27. The zero-order valence-corrected chi connectivity index (χ0v) is 12.4. The average Bonchev–Trinajstić information content (AvgIpc) is 2.87. The molecule has 0 radical (unpaired) electrons. The summed E-state index contributed by atoms with van der Waals surface area (Å²) in [4.78, 5) is 14.5. The van der Waals surface area contributed by atoms with Crippen molar-refractivity contribution >= 4 is 23.2 Å². The van der Waals surface area contributed by atoms with Crippen LogP contribution in [0.4, 0.5) is 5.69 Å². The molecule has 0 spiro atoms. The Hall–Kier alpha value is -2.25. The minimum Gasteiger partial charge on any atom is -0.345 e. The fourth-order valence-electron chi connectivity index (χ4n) is 2.78. The predicted octanol–water partition coefficient (Wildman–Crippen LogP) is 3.14. The van der Waals surface area contributed by atoms with Crippen LogP contribution in [0.15, 0.2) is 30.5 Å². The zero-order chi connectivity index (χ0) is 15.0. The number of fused-ring (bicyclic) bond motifs is 1. The molecule has 4 nitrogen and oxygen atoms in total. The summed E-state index contributed by atoms with van der Waals surface area (Å²) < 4.78 is 1.69. The Morgan fingerprint density at radius 1 is 1.43 bits per heavy atom. The number of nitriles is 1. The monoisotopic (exact) mass is 299 g/mol. The van der Waals surface area contributed by atoms with Crippen LogP contribution >= 0.6 is 11.6 Å². The Morgan fingerprint density at radius 2 is 2.24 bits per heavy atom. The summed E-state index contributed by atoms with van der Waals surface area (Å²) in [5, 5.41) is 9.55. The molecular formula is C16H14ClN3O. The molecule has 1 aliphatic heterocycles. The van der Waals surface area contributed by atoms with Crippen LogP contribution in [-0.4, -0.2) is 17.0 Å². The molecule has 0 aliphatic carbocycles. The second kappa shape index (κ2) is 5.27. The van der Waals surface area contributed by atoms with E-state index >= 15 is 0 Å². The molecule has 0 atom stereocenters. The summed E-state index contributed by atoms with van der Waals surface area (Å²) in [7, 11) is 1.77. The third-order valence-electron chi connectivity index (χ3n) is 3.77. The maximum absolute atomic E-state index is 12.8. The molecule has 3 rings (SSSR count). The standard InChI is InChI=1S/C16H14ClN3O/c1-19-10-11(9-18)8-14(19)16(21)20-7-3-5-12-4-2-6-13(17)15(12)20/h2,4,6,8,10H,3,5,7H2,1H3. The molecule has 0 bridgehead atoms. The second-order valence-corrected chi connectivity index (χ2v) is 5.55. The lowest BCUT2D eigenvalue weighted by molar-refractivity contribution is 0.0977. The normalized spacial score (nSPS) is 13.7. The van der Waals surface area contributed by atoms with Crippen LogP contribution in [0.3, 0.4) is 0 Å². The lowest BCUT2D eigenvalue weighted by Crippen LogP contribution is -2.36. The minimum absolute atomic E-state index is 0.118. The third-order valence-corrected chi connectivity index (χ3v) is 4.07. The Balaban J connectivity index is 2.04. The first kappa shape index (κ1) is 13.7.